The Morgan fingerprint density at radius 1 is 1.17 bits per heavy atom. The summed E-state index contributed by atoms with van der Waals surface area (Å²) < 4.78 is 4.91. The zero-order valence-corrected chi connectivity index (χ0v) is 14.5. The Bertz CT molecular complexity index is 745. The lowest BCUT2D eigenvalue weighted by molar-refractivity contribution is -0.141. The molecule has 1 amide bonds. The molecule has 2 aromatic carbocycles. The average molecular weight is 341 g/mol. The summed E-state index contributed by atoms with van der Waals surface area (Å²) in [5.41, 5.74) is 2.84. The zero-order valence-electron chi connectivity index (χ0n) is 13.7. The fourth-order valence-corrected chi connectivity index (χ4v) is 4.32. The van der Waals surface area contributed by atoms with Gasteiger partial charge in [-0.2, -0.15) is 0 Å². The summed E-state index contributed by atoms with van der Waals surface area (Å²) in [6.07, 6.45) is 0.109. The van der Waals surface area contributed by atoms with E-state index in [9.17, 15) is 9.59 Å². The van der Waals surface area contributed by atoms with Gasteiger partial charge in [-0.05, 0) is 24.6 Å². The molecule has 5 heteroatoms. The zero-order chi connectivity index (χ0) is 17.2. The van der Waals surface area contributed by atoms with Gasteiger partial charge in [0.2, 0.25) is 5.91 Å². The normalized spacial score (nSPS) is 20.2. The number of nitrogens with zero attached hydrogens (tertiary/aromatic N) is 1. The number of anilines is 1. The molecule has 124 valence electrons. The van der Waals surface area contributed by atoms with Gasteiger partial charge in [0.15, 0.2) is 0 Å². The Morgan fingerprint density at radius 2 is 1.83 bits per heavy atom. The number of carbonyl (C=O) groups excluding carboxylic acids is 2. The summed E-state index contributed by atoms with van der Waals surface area (Å²) in [7, 11) is 1.37. The van der Waals surface area contributed by atoms with E-state index in [1.54, 1.807) is 4.90 Å². The Morgan fingerprint density at radius 3 is 2.46 bits per heavy atom. The first-order valence-electron chi connectivity index (χ1n) is 7.73. The number of hydrogen-bond donors (Lipinski definition) is 0. The van der Waals surface area contributed by atoms with E-state index >= 15 is 0 Å². The number of ether oxygens (including phenoxy) is 1. The number of methoxy groups -OCH3 is 1. The summed E-state index contributed by atoms with van der Waals surface area (Å²) in [4.78, 5) is 25.7. The van der Waals surface area contributed by atoms with Crippen LogP contribution >= 0.6 is 11.8 Å². The third-order valence-electron chi connectivity index (χ3n) is 4.17. The third-order valence-corrected chi connectivity index (χ3v) is 5.61. The Balaban J connectivity index is 2.13. The van der Waals surface area contributed by atoms with Gasteiger partial charge < -0.3 is 4.74 Å². The molecule has 0 aliphatic carbocycles. The topological polar surface area (TPSA) is 46.6 Å². The first-order valence-corrected chi connectivity index (χ1v) is 8.71. The third kappa shape index (κ3) is 2.91. The number of rotatable bonds is 4. The lowest BCUT2D eigenvalue weighted by Gasteiger charge is -2.37. The van der Waals surface area contributed by atoms with Gasteiger partial charge in [0.05, 0.1) is 19.3 Å². The summed E-state index contributed by atoms with van der Waals surface area (Å²) >= 11 is 1.48. The highest BCUT2D eigenvalue weighted by atomic mass is 32.2. The van der Waals surface area contributed by atoms with E-state index in [1.807, 2.05) is 61.5 Å². The van der Waals surface area contributed by atoms with Crippen molar-refractivity contribution in [2.45, 2.75) is 18.2 Å². The molecule has 0 bridgehead atoms. The van der Waals surface area contributed by atoms with E-state index in [2.05, 4.69) is 0 Å². The molecule has 1 fully saturated rings. The molecular formula is C19H19NO3S. The van der Waals surface area contributed by atoms with E-state index in [0.717, 1.165) is 16.8 Å². The van der Waals surface area contributed by atoms with Crippen LogP contribution in [0.5, 0.6) is 0 Å². The maximum Gasteiger partial charge on any atom is 0.309 e. The van der Waals surface area contributed by atoms with Gasteiger partial charge in [-0.1, -0.05) is 48.0 Å². The number of amides is 1. The average Bonchev–Trinajstić information content (AvgIpc) is 2.94. The molecule has 1 atom stereocenters. The molecule has 0 saturated carbocycles. The van der Waals surface area contributed by atoms with Crippen LogP contribution in [0.4, 0.5) is 5.69 Å². The highest BCUT2D eigenvalue weighted by molar-refractivity contribution is 8.01. The largest absolute Gasteiger partial charge is 0.469 e. The smallest absolute Gasteiger partial charge is 0.309 e. The van der Waals surface area contributed by atoms with Crippen LogP contribution in [-0.4, -0.2) is 24.7 Å². The molecule has 3 rings (SSSR count). The van der Waals surface area contributed by atoms with Crippen molar-refractivity contribution < 1.29 is 14.3 Å². The molecule has 0 unspecified atom stereocenters. The number of carbonyl (C=O) groups is 2. The maximum absolute atomic E-state index is 12.7. The van der Waals surface area contributed by atoms with Crippen LogP contribution in [0.15, 0.2) is 54.6 Å². The second kappa shape index (κ2) is 6.69. The van der Waals surface area contributed by atoms with Crippen molar-refractivity contribution in [3.05, 3.63) is 65.7 Å². The lowest BCUT2D eigenvalue weighted by atomic mass is 10.00. The fraction of sp³-hybridized carbons (Fsp3) is 0.263. The van der Waals surface area contributed by atoms with Gasteiger partial charge in [0.1, 0.15) is 4.87 Å². The Labute approximate surface area is 145 Å². The van der Waals surface area contributed by atoms with Crippen LogP contribution in [0.3, 0.4) is 0 Å². The van der Waals surface area contributed by atoms with Crippen molar-refractivity contribution in [1.82, 2.24) is 0 Å². The molecule has 0 spiro atoms. The van der Waals surface area contributed by atoms with Gasteiger partial charge in [-0.3, -0.25) is 14.5 Å². The second-order valence-corrected chi connectivity index (χ2v) is 7.01. The molecule has 2 aromatic rings. The Kier molecular flexibility index (Phi) is 4.62. The quantitative estimate of drug-likeness (QED) is 0.799. The molecule has 1 heterocycles. The van der Waals surface area contributed by atoms with Crippen LogP contribution in [0, 0.1) is 6.92 Å². The van der Waals surface area contributed by atoms with Gasteiger partial charge >= 0.3 is 5.97 Å². The summed E-state index contributed by atoms with van der Waals surface area (Å²) in [6.45, 7) is 2.00. The monoisotopic (exact) mass is 341 g/mol. The number of esters is 1. The number of thioether (sulfide) groups is 1. The van der Waals surface area contributed by atoms with Crippen LogP contribution in [0.1, 0.15) is 17.5 Å². The van der Waals surface area contributed by atoms with Crippen molar-refractivity contribution in [3.63, 3.8) is 0 Å². The van der Waals surface area contributed by atoms with Crippen molar-refractivity contribution in [2.75, 3.05) is 17.8 Å². The van der Waals surface area contributed by atoms with Crippen LogP contribution in [-0.2, 0) is 19.2 Å². The molecule has 1 aliphatic heterocycles. The summed E-state index contributed by atoms with van der Waals surface area (Å²) in [5.74, 6) is -0.00507. The van der Waals surface area contributed by atoms with Crippen molar-refractivity contribution >= 4 is 29.3 Å². The summed E-state index contributed by atoms with van der Waals surface area (Å²) in [6, 6.07) is 17.5. The Hall–Kier alpha value is -2.27. The van der Waals surface area contributed by atoms with Crippen LogP contribution < -0.4 is 4.90 Å². The van der Waals surface area contributed by atoms with Gasteiger partial charge in [-0.25, -0.2) is 0 Å². The number of aryl methyl sites for hydroxylation is 1. The molecule has 1 saturated heterocycles. The van der Waals surface area contributed by atoms with E-state index in [1.165, 1.54) is 18.9 Å². The van der Waals surface area contributed by atoms with Crippen LogP contribution in [0.2, 0.25) is 0 Å². The molecule has 0 aromatic heterocycles. The lowest BCUT2D eigenvalue weighted by Crippen LogP contribution is -2.44. The minimum atomic E-state index is -0.777. The van der Waals surface area contributed by atoms with Gasteiger partial charge in [-0.15, -0.1) is 11.8 Å². The minimum Gasteiger partial charge on any atom is -0.469 e. The fourth-order valence-electron chi connectivity index (χ4n) is 2.97. The molecule has 0 radical (unpaired) electrons. The first kappa shape index (κ1) is 16.6. The van der Waals surface area contributed by atoms with Gasteiger partial charge in [0, 0.05) is 5.69 Å². The molecule has 24 heavy (non-hydrogen) atoms. The highest BCUT2D eigenvalue weighted by Crippen LogP contribution is 2.50. The van der Waals surface area contributed by atoms with Gasteiger partial charge in [0.25, 0.3) is 0 Å². The summed E-state index contributed by atoms with van der Waals surface area (Å²) in [5, 5.41) is 0. The van der Waals surface area contributed by atoms with E-state index in [-0.39, 0.29) is 18.3 Å². The molecule has 0 N–H and O–H groups in total. The van der Waals surface area contributed by atoms with Crippen molar-refractivity contribution in [3.8, 4) is 0 Å². The predicted octanol–water partition coefficient (Wildman–Crippen LogP) is 3.49. The minimum absolute atomic E-state index is 0.00314. The molecule has 4 nitrogen and oxygen atoms in total. The second-order valence-electron chi connectivity index (χ2n) is 5.76. The standard InChI is InChI=1S/C19H19NO3S/c1-14-8-10-16(11-9-14)20-17(21)13-24-19(20,12-18(22)23-2)15-6-4-3-5-7-15/h3-11H,12-13H2,1-2H3/t19-/m1/s1. The highest BCUT2D eigenvalue weighted by Gasteiger charge is 2.50. The van der Waals surface area contributed by atoms with Crippen LogP contribution in [0.25, 0.3) is 0 Å². The van der Waals surface area contributed by atoms with E-state index in [4.69, 9.17) is 4.74 Å². The first-order chi connectivity index (χ1) is 11.6. The maximum atomic E-state index is 12.7. The van der Waals surface area contributed by atoms with E-state index in [0.29, 0.717) is 5.75 Å². The van der Waals surface area contributed by atoms with Crippen molar-refractivity contribution in [2.24, 2.45) is 0 Å². The molecular weight excluding hydrogens is 322 g/mol. The number of benzene rings is 2. The van der Waals surface area contributed by atoms with E-state index < -0.39 is 4.87 Å². The van der Waals surface area contributed by atoms with Crippen molar-refractivity contribution in [1.29, 1.82) is 0 Å². The SMILES string of the molecule is COC(=O)C[C@]1(c2ccccc2)SCC(=O)N1c1ccc(C)cc1. The predicted molar refractivity (Wildman–Crippen MR) is 95.9 cm³/mol. The number of hydrogen-bond acceptors (Lipinski definition) is 4. The molecule has 1 aliphatic rings.